The summed E-state index contributed by atoms with van der Waals surface area (Å²) in [5.74, 6) is -0.176. The van der Waals surface area contributed by atoms with E-state index in [1.165, 1.54) is 0 Å². The van der Waals surface area contributed by atoms with E-state index >= 15 is 0 Å². The van der Waals surface area contributed by atoms with E-state index in [1.54, 1.807) is 0 Å². The van der Waals surface area contributed by atoms with Crippen LogP contribution in [0.4, 0.5) is 0 Å². The lowest BCUT2D eigenvalue weighted by Crippen LogP contribution is -2.41. The first-order valence-electron chi connectivity index (χ1n) is 5.59. The number of ether oxygens (including phenoxy) is 1. The number of hydrogen-bond acceptors (Lipinski definition) is 4. The number of carbonyl (C=O) groups excluding carboxylic acids is 1. The second-order valence-corrected chi connectivity index (χ2v) is 4.00. The predicted molar refractivity (Wildman–Crippen MR) is 61.9 cm³/mol. The maximum atomic E-state index is 11.3. The van der Waals surface area contributed by atoms with Crippen molar-refractivity contribution in [2.75, 3.05) is 26.7 Å². The second-order valence-electron chi connectivity index (χ2n) is 4.00. The van der Waals surface area contributed by atoms with E-state index in [2.05, 4.69) is 31.1 Å². The van der Waals surface area contributed by atoms with E-state index in [-0.39, 0.29) is 12.0 Å². The molecule has 0 heterocycles. The average Bonchev–Trinajstić information content (AvgIpc) is 2.17. The molecule has 0 aromatic carbocycles. The molecule has 1 atom stereocenters. The topological polar surface area (TPSA) is 41.6 Å². The molecule has 1 N–H and O–H groups in total. The summed E-state index contributed by atoms with van der Waals surface area (Å²) in [7, 11) is 2.07. The molecule has 0 radical (unpaired) electrons. The molecule has 0 aliphatic heterocycles. The standard InChI is InChI=1S/C11H24N2O2/c1-6-15-11(14)10(4)12-7-8-13(5)9(2)3/h9-10,12H,6-8H2,1-5H3. The van der Waals surface area contributed by atoms with Crippen molar-refractivity contribution >= 4 is 5.97 Å². The van der Waals surface area contributed by atoms with Gasteiger partial charge in [0.1, 0.15) is 6.04 Å². The fourth-order valence-electron chi connectivity index (χ4n) is 1.07. The molecular weight excluding hydrogens is 192 g/mol. The van der Waals surface area contributed by atoms with Gasteiger partial charge in [0.05, 0.1) is 6.61 Å². The second kappa shape index (κ2) is 7.65. The van der Waals surface area contributed by atoms with Crippen molar-refractivity contribution in [3.05, 3.63) is 0 Å². The van der Waals surface area contributed by atoms with Gasteiger partial charge in [0, 0.05) is 19.1 Å². The van der Waals surface area contributed by atoms with Gasteiger partial charge in [0.2, 0.25) is 0 Å². The summed E-state index contributed by atoms with van der Waals surface area (Å²) in [5.41, 5.74) is 0. The largest absolute Gasteiger partial charge is 0.465 e. The molecule has 0 saturated carbocycles. The minimum atomic E-state index is -0.217. The zero-order valence-corrected chi connectivity index (χ0v) is 10.5. The van der Waals surface area contributed by atoms with Gasteiger partial charge in [-0.25, -0.2) is 0 Å². The highest BCUT2D eigenvalue weighted by Gasteiger charge is 2.12. The molecule has 1 unspecified atom stereocenters. The van der Waals surface area contributed by atoms with Crippen LogP contribution in [0.15, 0.2) is 0 Å². The third-order valence-corrected chi connectivity index (χ3v) is 2.44. The molecule has 15 heavy (non-hydrogen) atoms. The zero-order valence-electron chi connectivity index (χ0n) is 10.5. The fraction of sp³-hybridized carbons (Fsp3) is 0.909. The van der Waals surface area contributed by atoms with E-state index < -0.39 is 0 Å². The van der Waals surface area contributed by atoms with Crippen LogP contribution in [-0.2, 0) is 9.53 Å². The molecule has 0 aliphatic carbocycles. The SMILES string of the molecule is CCOC(=O)C(C)NCCN(C)C(C)C. The Morgan fingerprint density at radius 1 is 1.40 bits per heavy atom. The van der Waals surface area contributed by atoms with Crippen molar-refractivity contribution in [3.8, 4) is 0 Å². The summed E-state index contributed by atoms with van der Waals surface area (Å²) in [4.78, 5) is 13.5. The minimum absolute atomic E-state index is 0.176. The average molecular weight is 216 g/mol. The van der Waals surface area contributed by atoms with Crippen molar-refractivity contribution in [2.45, 2.75) is 39.8 Å². The molecule has 0 spiro atoms. The first-order valence-corrected chi connectivity index (χ1v) is 5.59. The lowest BCUT2D eigenvalue weighted by Gasteiger charge is -2.22. The van der Waals surface area contributed by atoms with E-state index in [0.717, 1.165) is 13.1 Å². The van der Waals surface area contributed by atoms with Crippen LogP contribution < -0.4 is 5.32 Å². The highest BCUT2D eigenvalue weighted by molar-refractivity contribution is 5.75. The van der Waals surface area contributed by atoms with Crippen LogP contribution in [0.5, 0.6) is 0 Å². The molecular formula is C11H24N2O2. The maximum Gasteiger partial charge on any atom is 0.322 e. The van der Waals surface area contributed by atoms with E-state index in [9.17, 15) is 4.79 Å². The van der Waals surface area contributed by atoms with Crippen LogP contribution >= 0.6 is 0 Å². The zero-order chi connectivity index (χ0) is 11.8. The molecule has 0 bridgehead atoms. The van der Waals surface area contributed by atoms with Crippen LogP contribution in [0.3, 0.4) is 0 Å². The summed E-state index contributed by atoms with van der Waals surface area (Å²) in [5, 5.41) is 3.14. The number of nitrogens with one attached hydrogen (secondary N) is 1. The molecule has 4 heteroatoms. The van der Waals surface area contributed by atoms with Crippen LogP contribution in [0.2, 0.25) is 0 Å². The van der Waals surface area contributed by atoms with Gasteiger partial charge < -0.3 is 15.0 Å². The Bertz CT molecular complexity index is 183. The quantitative estimate of drug-likeness (QED) is 0.641. The van der Waals surface area contributed by atoms with Crippen molar-refractivity contribution < 1.29 is 9.53 Å². The number of nitrogens with zero attached hydrogens (tertiary/aromatic N) is 1. The van der Waals surface area contributed by atoms with Gasteiger partial charge >= 0.3 is 5.97 Å². The summed E-state index contributed by atoms with van der Waals surface area (Å²) in [6.45, 7) is 10.1. The first kappa shape index (κ1) is 14.4. The van der Waals surface area contributed by atoms with Gasteiger partial charge in [-0.2, -0.15) is 0 Å². The molecule has 0 amide bonds. The number of likely N-dealkylation sites (N-methyl/N-ethyl adjacent to an activating group) is 1. The molecule has 0 aromatic rings. The molecule has 0 saturated heterocycles. The van der Waals surface area contributed by atoms with Crippen molar-refractivity contribution in [1.82, 2.24) is 10.2 Å². The molecule has 0 rings (SSSR count). The minimum Gasteiger partial charge on any atom is -0.465 e. The highest BCUT2D eigenvalue weighted by atomic mass is 16.5. The molecule has 90 valence electrons. The summed E-state index contributed by atoms with van der Waals surface area (Å²) >= 11 is 0. The predicted octanol–water partition coefficient (Wildman–Crippen LogP) is 0.868. The highest BCUT2D eigenvalue weighted by Crippen LogP contribution is 1.92. The van der Waals surface area contributed by atoms with Crippen LogP contribution in [-0.4, -0.2) is 49.7 Å². The molecule has 0 fully saturated rings. The molecule has 0 aromatic heterocycles. The van der Waals surface area contributed by atoms with Gasteiger partial charge in [-0.05, 0) is 34.7 Å². The Morgan fingerprint density at radius 3 is 2.47 bits per heavy atom. The monoisotopic (exact) mass is 216 g/mol. The third kappa shape index (κ3) is 6.47. The van der Waals surface area contributed by atoms with Crippen LogP contribution in [0.1, 0.15) is 27.7 Å². The third-order valence-electron chi connectivity index (χ3n) is 2.44. The summed E-state index contributed by atoms with van der Waals surface area (Å²) in [6, 6.07) is 0.315. The van der Waals surface area contributed by atoms with Crippen molar-refractivity contribution in [3.63, 3.8) is 0 Å². The van der Waals surface area contributed by atoms with E-state index in [4.69, 9.17) is 4.74 Å². The lowest BCUT2D eigenvalue weighted by molar-refractivity contribution is -0.145. The number of rotatable bonds is 7. The smallest absolute Gasteiger partial charge is 0.322 e. The Kier molecular flexibility index (Phi) is 7.34. The lowest BCUT2D eigenvalue weighted by atomic mass is 10.3. The normalized spacial score (nSPS) is 13.3. The molecule has 0 aliphatic rings. The number of hydrogen-bond donors (Lipinski definition) is 1. The molecule has 4 nitrogen and oxygen atoms in total. The number of esters is 1. The van der Waals surface area contributed by atoms with Gasteiger partial charge in [-0.15, -0.1) is 0 Å². The van der Waals surface area contributed by atoms with Gasteiger partial charge in [-0.1, -0.05) is 0 Å². The van der Waals surface area contributed by atoms with Gasteiger partial charge in [-0.3, -0.25) is 4.79 Å². The van der Waals surface area contributed by atoms with E-state index in [0.29, 0.717) is 12.6 Å². The van der Waals surface area contributed by atoms with Crippen LogP contribution in [0.25, 0.3) is 0 Å². The van der Waals surface area contributed by atoms with Gasteiger partial charge in [0.25, 0.3) is 0 Å². The number of carbonyl (C=O) groups is 1. The Balaban J connectivity index is 3.63. The Morgan fingerprint density at radius 2 is 2.00 bits per heavy atom. The maximum absolute atomic E-state index is 11.3. The van der Waals surface area contributed by atoms with Crippen molar-refractivity contribution in [2.24, 2.45) is 0 Å². The summed E-state index contributed by atoms with van der Waals surface area (Å²) in [6.07, 6.45) is 0. The summed E-state index contributed by atoms with van der Waals surface area (Å²) < 4.78 is 4.89. The first-order chi connectivity index (χ1) is 6.99. The Labute approximate surface area is 93.0 Å². The van der Waals surface area contributed by atoms with Crippen molar-refractivity contribution in [1.29, 1.82) is 0 Å². The van der Waals surface area contributed by atoms with Gasteiger partial charge in [0.15, 0.2) is 0 Å². The van der Waals surface area contributed by atoms with Crippen LogP contribution in [0, 0.1) is 0 Å². The van der Waals surface area contributed by atoms with E-state index in [1.807, 2.05) is 13.8 Å². The Hall–Kier alpha value is -0.610. The fourth-order valence-corrected chi connectivity index (χ4v) is 1.07.